The van der Waals surface area contributed by atoms with Crippen LogP contribution in [0.15, 0.2) is 16.6 Å². The summed E-state index contributed by atoms with van der Waals surface area (Å²) in [6.45, 7) is 4.21. The maximum absolute atomic E-state index is 12.1. The van der Waals surface area contributed by atoms with Gasteiger partial charge < -0.3 is 15.5 Å². The number of thiazole rings is 1. The second-order valence-corrected chi connectivity index (χ2v) is 7.50. The number of urea groups is 1. The third-order valence-corrected chi connectivity index (χ3v) is 5.84. The number of carbonyl (C=O) groups excluding carboxylic acids is 2. The van der Waals surface area contributed by atoms with Crippen molar-refractivity contribution in [2.45, 2.75) is 31.7 Å². The summed E-state index contributed by atoms with van der Waals surface area (Å²) in [6.07, 6.45) is 4.35. The molecule has 1 aromatic heterocycles. The summed E-state index contributed by atoms with van der Waals surface area (Å²) in [4.78, 5) is 34.4. The Bertz CT molecular complexity index is 660. The van der Waals surface area contributed by atoms with Crippen molar-refractivity contribution in [1.29, 1.82) is 0 Å². The first-order chi connectivity index (χ1) is 12.0. The zero-order valence-electron chi connectivity index (χ0n) is 14.9. The van der Waals surface area contributed by atoms with Crippen molar-refractivity contribution in [2.75, 3.05) is 26.7 Å². The van der Waals surface area contributed by atoms with E-state index < -0.39 is 11.6 Å². The SMILES string of the molecule is CN=C(NCCc1nccs1)N1CCC(C2(C)NC(=O)NC2=O)CC1.I. The Morgan fingerprint density at radius 1 is 1.46 bits per heavy atom. The number of halogens is 1. The van der Waals surface area contributed by atoms with Gasteiger partial charge in [-0.05, 0) is 25.7 Å². The van der Waals surface area contributed by atoms with Crippen LogP contribution in [0.25, 0.3) is 0 Å². The van der Waals surface area contributed by atoms with E-state index in [0.717, 1.165) is 49.9 Å². The minimum absolute atomic E-state index is 0. The number of aliphatic imine (C=N–C) groups is 1. The van der Waals surface area contributed by atoms with E-state index >= 15 is 0 Å². The number of carbonyl (C=O) groups is 2. The highest BCUT2D eigenvalue weighted by molar-refractivity contribution is 14.0. The molecule has 0 radical (unpaired) electrons. The van der Waals surface area contributed by atoms with Gasteiger partial charge >= 0.3 is 6.03 Å². The van der Waals surface area contributed by atoms with Crippen LogP contribution in [0.4, 0.5) is 4.79 Å². The Balaban J connectivity index is 0.00000243. The maximum Gasteiger partial charge on any atom is 0.322 e. The number of nitrogens with zero attached hydrogens (tertiary/aromatic N) is 3. The van der Waals surface area contributed by atoms with E-state index in [1.165, 1.54) is 0 Å². The highest BCUT2D eigenvalue weighted by Crippen LogP contribution is 2.30. The van der Waals surface area contributed by atoms with Gasteiger partial charge in [0, 0.05) is 44.7 Å². The molecule has 0 aliphatic carbocycles. The lowest BCUT2D eigenvalue weighted by Gasteiger charge is -2.39. The van der Waals surface area contributed by atoms with Gasteiger partial charge in [0.05, 0.1) is 5.01 Å². The number of hydrogen-bond donors (Lipinski definition) is 3. The van der Waals surface area contributed by atoms with Gasteiger partial charge in [-0.3, -0.25) is 15.1 Å². The number of amides is 3. The molecule has 26 heavy (non-hydrogen) atoms. The van der Waals surface area contributed by atoms with Crippen LogP contribution in [0.2, 0.25) is 0 Å². The first kappa shape index (κ1) is 20.9. The van der Waals surface area contributed by atoms with E-state index in [1.807, 2.05) is 18.5 Å². The summed E-state index contributed by atoms with van der Waals surface area (Å²) in [5.74, 6) is 0.783. The highest BCUT2D eigenvalue weighted by atomic mass is 127. The van der Waals surface area contributed by atoms with Gasteiger partial charge in [-0.1, -0.05) is 0 Å². The average Bonchev–Trinajstić information content (AvgIpc) is 3.20. The molecule has 0 spiro atoms. The molecule has 3 N–H and O–H groups in total. The maximum atomic E-state index is 12.1. The quantitative estimate of drug-likeness (QED) is 0.254. The zero-order chi connectivity index (χ0) is 17.9. The topological polar surface area (TPSA) is 98.7 Å². The van der Waals surface area contributed by atoms with E-state index in [1.54, 1.807) is 18.4 Å². The molecule has 0 aromatic carbocycles. The monoisotopic (exact) mass is 492 g/mol. The summed E-state index contributed by atoms with van der Waals surface area (Å²) in [7, 11) is 1.78. The van der Waals surface area contributed by atoms with E-state index in [4.69, 9.17) is 0 Å². The van der Waals surface area contributed by atoms with E-state index in [0.29, 0.717) is 0 Å². The van der Waals surface area contributed by atoms with Gasteiger partial charge in [0.15, 0.2) is 5.96 Å². The van der Waals surface area contributed by atoms with Crippen molar-refractivity contribution in [1.82, 2.24) is 25.8 Å². The van der Waals surface area contributed by atoms with Gasteiger partial charge in [0.1, 0.15) is 5.54 Å². The first-order valence-corrected chi connectivity index (χ1v) is 9.38. The number of guanidine groups is 1. The van der Waals surface area contributed by atoms with Crippen LogP contribution in [-0.4, -0.2) is 60.0 Å². The lowest BCUT2D eigenvalue weighted by atomic mass is 9.79. The fourth-order valence-electron chi connectivity index (χ4n) is 3.50. The van der Waals surface area contributed by atoms with Crippen LogP contribution in [0.3, 0.4) is 0 Å². The molecule has 2 aliphatic rings. The molecule has 0 bridgehead atoms. The molecule has 3 heterocycles. The minimum Gasteiger partial charge on any atom is -0.356 e. The molecule has 2 aliphatic heterocycles. The normalized spacial score (nSPS) is 24.1. The summed E-state index contributed by atoms with van der Waals surface area (Å²) in [6, 6.07) is -0.394. The molecule has 10 heteroatoms. The van der Waals surface area contributed by atoms with Crippen molar-refractivity contribution in [2.24, 2.45) is 10.9 Å². The molecule has 1 unspecified atom stereocenters. The Labute approximate surface area is 174 Å². The molecule has 3 amide bonds. The Hall–Kier alpha value is -1.43. The largest absolute Gasteiger partial charge is 0.356 e. The van der Waals surface area contributed by atoms with Crippen LogP contribution in [0.1, 0.15) is 24.8 Å². The molecule has 2 fully saturated rings. The van der Waals surface area contributed by atoms with Gasteiger partial charge in [0.25, 0.3) is 5.91 Å². The van der Waals surface area contributed by atoms with Crippen LogP contribution in [0.5, 0.6) is 0 Å². The van der Waals surface area contributed by atoms with Crippen LogP contribution in [-0.2, 0) is 11.2 Å². The van der Waals surface area contributed by atoms with Gasteiger partial charge in [0.2, 0.25) is 0 Å². The summed E-state index contributed by atoms with van der Waals surface area (Å²) in [5.41, 5.74) is -0.801. The van der Waals surface area contributed by atoms with E-state index in [9.17, 15) is 9.59 Å². The third-order valence-electron chi connectivity index (χ3n) is 5.00. The van der Waals surface area contributed by atoms with Crippen molar-refractivity contribution < 1.29 is 9.59 Å². The van der Waals surface area contributed by atoms with Gasteiger partial charge in [-0.2, -0.15) is 0 Å². The molecule has 1 atom stereocenters. The number of nitrogens with one attached hydrogen (secondary N) is 3. The fraction of sp³-hybridized carbons (Fsp3) is 0.625. The second-order valence-electron chi connectivity index (χ2n) is 6.52. The summed E-state index contributed by atoms with van der Waals surface area (Å²) < 4.78 is 0. The van der Waals surface area contributed by atoms with Gasteiger partial charge in [-0.15, -0.1) is 35.3 Å². The van der Waals surface area contributed by atoms with Crippen molar-refractivity contribution >= 4 is 53.2 Å². The highest BCUT2D eigenvalue weighted by Gasteiger charge is 2.48. The molecular formula is C16H25IN6O2S. The van der Waals surface area contributed by atoms with E-state index in [2.05, 4.69) is 30.8 Å². The molecule has 3 rings (SSSR count). The minimum atomic E-state index is -0.801. The molecular weight excluding hydrogens is 467 g/mol. The predicted molar refractivity (Wildman–Crippen MR) is 112 cm³/mol. The van der Waals surface area contributed by atoms with Crippen molar-refractivity contribution in [3.8, 4) is 0 Å². The lowest BCUT2D eigenvalue weighted by molar-refractivity contribution is -0.125. The van der Waals surface area contributed by atoms with E-state index in [-0.39, 0.29) is 35.8 Å². The average molecular weight is 492 g/mol. The lowest BCUT2D eigenvalue weighted by Crippen LogP contribution is -2.55. The Morgan fingerprint density at radius 3 is 2.73 bits per heavy atom. The number of aromatic nitrogens is 1. The smallest absolute Gasteiger partial charge is 0.322 e. The predicted octanol–water partition coefficient (Wildman–Crippen LogP) is 1.19. The number of hydrogen-bond acceptors (Lipinski definition) is 5. The number of imide groups is 1. The van der Waals surface area contributed by atoms with Crippen LogP contribution >= 0.6 is 35.3 Å². The van der Waals surface area contributed by atoms with Crippen LogP contribution < -0.4 is 16.0 Å². The second kappa shape index (κ2) is 8.98. The summed E-state index contributed by atoms with van der Waals surface area (Å²) >= 11 is 1.66. The summed E-state index contributed by atoms with van der Waals surface area (Å²) in [5, 5.41) is 11.6. The fourth-order valence-corrected chi connectivity index (χ4v) is 4.12. The number of likely N-dealkylation sites (tertiary alicyclic amines) is 1. The molecule has 8 nitrogen and oxygen atoms in total. The van der Waals surface area contributed by atoms with Gasteiger partial charge in [-0.25, -0.2) is 9.78 Å². The van der Waals surface area contributed by atoms with Crippen LogP contribution in [0, 0.1) is 5.92 Å². The zero-order valence-corrected chi connectivity index (χ0v) is 18.1. The molecule has 0 saturated carbocycles. The Morgan fingerprint density at radius 2 is 2.19 bits per heavy atom. The molecule has 1 aromatic rings. The van der Waals surface area contributed by atoms with Crippen molar-refractivity contribution in [3.05, 3.63) is 16.6 Å². The molecule has 2 saturated heterocycles. The third kappa shape index (κ3) is 4.45. The molecule has 144 valence electrons. The first-order valence-electron chi connectivity index (χ1n) is 8.50. The number of piperidine rings is 1. The standard InChI is InChI=1S/C16H24N6O2S.HI/c1-16(13(23)20-15(24)21-16)11-4-8-22(9-5-11)14(17-2)19-6-3-12-18-7-10-25-12;/h7,10-11H,3-6,8-9H2,1-2H3,(H,17,19)(H2,20,21,23,24);1H. The number of rotatable bonds is 4. The Kier molecular flexibility index (Phi) is 7.21. The van der Waals surface area contributed by atoms with Crippen molar-refractivity contribution in [3.63, 3.8) is 0 Å².